The van der Waals surface area contributed by atoms with Gasteiger partial charge in [0.1, 0.15) is 11.6 Å². The van der Waals surface area contributed by atoms with E-state index < -0.39 is 0 Å². The van der Waals surface area contributed by atoms with Gasteiger partial charge in [0.2, 0.25) is 0 Å². The zero-order chi connectivity index (χ0) is 14.9. The Morgan fingerprint density at radius 3 is 2.35 bits per heavy atom. The molecule has 0 bridgehead atoms. The first-order valence-corrected chi connectivity index (χ1v) is 6.89. The van der Waals surface area contributed by atoms with Crippen LogP contribution in [0.2, 0.25) is 0 Å². The molecule has 2 aromatic carbocycles. The molecule has 0 fully saturated rings. The molecule has 0 aliphatic carbocycles. The minimum atomic E-state index is -0.365. The summed E-state index contributed by atoms with van der Waals surface area (Å²) >= 11 is 3.44. The average Bonchev–Trinajstić information content (AvgIpc) is 2.42. The number of ketones is 1. The monoisotopic (exact) mass is 336 g/mol. The number of rotatable bonds is 3. The third-order valence-electron chi connectivity index (χ3n) is 3.20. The molecule has 2 aromatic rings. The summed E-state index contributed by atoms with van der Waals surface area (Å²) in [5.41, 5.74) is 2.62. The van der Waals surface area contributed by atoms with E-state index in [1.807, 2.05) is 19.9 Å². The zero-order valence-corrected chi connectivity index (χ0v) is 13.0. The fraction of sp³-hybridized carbons (Fsp3) is 0.188. The molecule has 4 heteroatoms. The lowest BCUT2D eigenvalue weighted by molar-refractivity contribution is 0.103. The van der Waals surface area contributed by atoms with Gasteiger partial charge >= 0.3 is 0 Å². The van der Waals surface area contributed by atoms with Crippen molar-refractivity contribution in [3.8, 4) is 5.75 Å². The second-order valence-corrected chi connectivity index (χ2v) is 5.40. The summed E-state index contributed by atoms with van der Waals surface area (Å²) in [6, 6.07) is 7.43. The molecule has 0 aliphatic heterocycles. The van der Waals surface area contributed by atoms with Gasteiger partial charge in [-0.1, -0.05) is 15.9 Å². The van der Waals surface area contributed by atoms with Crippen molar-refractivity contribution in [3.05, 3.63) is 62.9 Å². The summed E-state index contributed by atoms with van der Waals surface area (Å²) in [6.07, 6.45) is 0. The highest BCUT2D eigenvalue weighted by Gasteiger charge is 2.21. The zero-order valence-electron chi connectivity index (χ0n) is 11.5. The first kappa shape index (κ1) is 14.7. The van der Waals surface area contributed by atoms with Gasteiger partial charge in [0.15, 0.2) is 5.78 Å². The van der Waals surface area contributed by atoms with Gasteiger partial charge in [-0.2, -0.15) is 0 Å². The van der Waals surface area contributed by atoms with Gasteiger partial charge in [0.25, 0.3) is 0 Å². The number of carbonyl (C=O) groups excluding carboxylic acids is 1. The average molecular weight is 337 g/mol. The van der Waals surface area contributed by atoms with E-state index in [4.69, 9.17) is 4.74 Å². The predicted molar refractivity (Wildman–Crippen MR) is 80.0 cm³/mol. The van der Waals surface area contributed by atoms with Gasteiger partial charge in [-0.25, -0.2) is 4.39 Å². The maximum absolute atomic E-state index is 13.0. The van der Waals surface area contributed by atoms with Gasteiger partial charge in [0.05, 0.1) is 12.7 Å². The Bertz CT molecular complexity index is 663. The minimum absolute atomic E-state index is 0.177. The van der Waals surface area contributed by atoms with Crippen LogP contribution in [-0.2, 0) is 0 Å². The van der Waals surface area contributed by atoms with Crippen LogP contribution in [-0.4, -0.2) is 12.9 Å². The number of halogens is 2. The van der Waals surface area contributed by atoms with E-state index in [1.54, 1.807) is 0 Å². The molecule has 0 saturated heterocycles. The number of aryl methyl sites for hydroxylation is 1. The van der Waals surface area contributed by atoms with Crippen molar-refractivity contribution >= 4 is 21.7 Å². The number of methoxy groups -OCH3 is 1. The SMILES string of the molecule is COc1c(C)cc(Br)c(C)c1C(=O)c1ccc(F)cc1. The molecule has 2 rings (SSSR count). The summed E-state index contributed by atoms with van der Waals surface area (Å²) in [5.74, 6) is 0.0134. The van der Waals surface area contributed by atoms with E-state index in [-0.39, 0.29) is 11.6 Å². The van der Waals surface area contributed by atoms with Crippen LogP contribution in [0.5, 0.6) is 5.75 Å². The van der Waals surface area contributed by atoms with Crippen LogP contribution in [0.15, 0.2) is 34.8 Å². The van der Waals surface area contributed by atoms with Crippen LogP contribution in [0.1, 0.15) is 27.0 Å². The van der Waals surface area contributed by atoms with E-state index in [2.05, 4.69) is 15.9 Å². The number of hydrogen-bond donors (Lipinski definition) is 0. The predicted octanol–water partition coefficient (Wildman–Crippen LogP) is 4.44. The van der Waals surface area contributed by atoms with Crippen molar-refractivity contribution in [3.63, 3.8) is 0 Å². The Kier molecular flexibility index (Phi) is 4.23. The lowest BCUT2D eigenvalue weighted by Gasteiger charge is -2.15. The molecule has 104 valence electrons. The molecule has 0 aromatic heterocycles. The lowest BCUT2D eigenvalue weighted by atomic mass is 9.96. The number of ether oxygens (including phenoxy) is 1. The molecule has 0 N–H and O–H groups in total. The fourth-order valence-electron chi connectivity index (χ4n) is 2.13. The van der Waals surface area contributed by atoms with E-state index in [0.29, 0.717) is 16.9 Å². The lowest BCUT2D eigenvalue weighted by Crippen LogP contribution is -2.08. The van der Waals surface area contributed by atoms with Crippen LogP contribution >= 0.6 is 15.9 Å². The number of benzene rings is 2. The second kappa shape index (κ2) is 5.75. The Morgan fingerprint density at radius 2 is 1.80 bits per heavy atom. The smallest absolute Gasteiger partial charge is 0.197 e. The van der Waals surface area contributed by atoms with Gasteiger partial charge < -0.3 is 4.74 Å². The summed E-state index contributed by atoms with van der Waals surface area (Å²) in [5, 5.41) is 0. The van der Waals surface area contributed by atoms with Crippen molar-refractivity contribution in [1.29, 1.82) is 0 Å². The first-order valence-electron chi connectivity index (χ1n) is 6.09. The van der Waals surface area contributed by atoms with E-state index in [1.165, 1.54) is 31.4 Å². The summed E-state index contributed by atoms with van der Waals surface area (Å²) in [6.45, 7) is 3.73. The Hall–Kier alpha value is -1.68. The van der Waals surface area contributed by atoms with Crippen LogP contribution in [0.4, 0.5) is 4.39 Å². The molecule has 0 saturated carbocycles. The standard InChI is InChI=1S/C16H14BrFO2/c1-9-8-13(17)10(2)14(16(9)20-3)15(19)11-4-6-12(18)7-5-11/h4-8H,1-3H3. The molecule has 0 radical (unpaired) electrons. The fourth-order valence-corrected chi connectivity index (χ4v) is 2.67. The maximum Gasteiger partial charge on any atom is 0.197 e. The first-order chi connectivity index (χ1) is 9.45. The molecular formula is C16H14BrFO2. The Labute approximate surface area is 125 Å². The van der Waals surface area contributed by atoms with Gasteiger partial charge in [-0.05, 0) is 55.3 Å². The van der Waals surface area contributed by atoms with Gasteiger partial charge in [0, 0.05) is 10.0 Å². The molecule has 20 heavy (non-hydrogen) atoms. The highest BCUT2D eigenvalue weighted by Crippen LogP contribution is 2.33. The van der Waals surface area contributed by atoms with E-state index in [9.17, 15) is 9.18 Å². The quantitative estimate of drug-likeness (QED) is 0.774. The summed E-state index contributed by atoms with van der Waals surface area (Å²) < 4.78 is 19.2. The Balaban J connectivity index is 2.62. The molecule has 0 amide bonds. The number of carbonyl (C=O) groups is 1. The highest BCUT2D eigenvalue weighted by molar-refractivity contribution is 9.10. The molecular weight excluding hydrogens is 323 g/mol. The van der Waals surface area contributed by atoms with Crippen molar-refractivity contribution < 1.29 is 13.9 Å². The molecule has 2 nitrogen and oxygen atoms in total. The molecule has 0 unspecified atom stereocenters. The minimum Gasteiger partial charge on any atom is -0.496 e. The molecule has 0 heterocycles. The third-order valence-corrected chi connectivity index (χ3v) is 4.02. The normalized spacial score (nSPS) is 10.4. The summed E-state index contributed by atoms with van der Waals surface area (Å²) in [4.78, 5) is 12.6. The third kappa shape index (κ3) is 2.61. The van der Waals surface area contributed by atoms with Crippen LogP contribution in [0.25, 0.3) is 0 Å². The maximum atomic E-state index is 13.0. The molecule has 0 spiro atoms. The van der Waals surface area contributed by atoms with Crippen LogP contribution in [0, 0.1) is 19.7 Å². The van der Waals surface area contributed by atoms with Crippen molar-refractivity contribution in [1.82, 2.24) is 0 Å². The van der Waals surface area contributed by atoms with Gasteiger partial charge in [-0.15, -0.1) is 0 Å². The van der Waals surface area contributed by atoms with Crippen molar-refractivity contribution in [2.45, 2.75) is 13.8 Å². The number of hydrogen-bond acceptors (Lipinski definition) is 2. The summed E-state index contributed by atoms with van der Waals surface area (Å²) in [7, 11) is 1.54. The van der Waals surface area contributed by atoms with E-state index in [0.717, 1.165) is 15.6 Å². The highest BCUT2D eigenvalue weighted by atomic mass is 79.9. The van der Waals surface area contributed by atoms with Crippen LogP contribution < -0.4 is 4.74 Å². The largest absolute Gasteiger partial charge is 0.496 e. The van der Waals surface area contributed by atoms with Gasteiger partial charge in [-0.3, -0.25) is 4.79 Å². The second-order valence-electron chi connectivity index (χ2n) is 4.54. The Morgan fingerprint density at radius 1 is 1.20 bits per heavy atom. The van der Waals surface area contributed by atoms with Crippen LogP contribution in [0.3, 0.4) is 0 Å². The van der Waals surface area contributed by atoms with E-state index >= 15 is 0 Å². The topological polar surface area (TPSA) is 26.3 Å². The molecule has 0 atom stereocenters. The molecule has 0 aliphatic rings. The van der Waals surface area contributed by atoms with Crippen molar-refractivity contribution in [2.75, 3.05) is 7.11 Å². The van der Waals surface area contributed by atoms with Crippen molar-refractivity contribution in [2.24, 2.45) is 0 Å².